The van der Waals surface area contributed by atoms with Gasteiger partial charge in [-0.1, -0.05) is 29.8 Å². The molecule has 0 radical (unpaired) electrons. The number of hydrogen-bond acceptors (Lipinski definition) is 7. The van der Waals surface area contributed by atoms with E-state index in [2.05, 4.69) is 10.3 Å². The SMILES string of the molecule is CCOC(=O)N1CCC(NC(=O)COC(=O)Cc2sc(C)nc2-c2ccc(C)cc2)CC1. The molecule has 2 amide bonds. The van der Waals surface area contributed by atoms with Crippen LogP contribution in [0.2, 0.25) is 0 Å². The van der Waals surface area contributed by atoms with Crippen molar-refractivity contribution >= 4 is 29.3 Å². The highest BCUT2D eigenvalue weighted by atomic mass is 32.1. The summed E-state index contributed by atoms with van der Waals surface area (Å²) in [4.78, 5) is 43.3. The van der Waals surface area contributed by atoms with Crippen molar-refractivity contribution in [2.75, 3.05) is 26.3 Å². The lowest BCUT2D eigenvalue weighted by Crippen LogP contribution is -2.47. The first-order valence-electron chi connectivity index (χ1n) is 10.8. The quantitative estimate of drug-likeness (QED) is 0.639. The zero-order chi connectivity index (χ0) is 23.1. The number of carbonyl (C=O) groups is 3. The average molecular weight is 460 g/mol. The normalized spacial score (nSPS) is 14.2. The summed E-state index contributed by atoms with van der Waals surface area (Å²) in [6.45, 7) is 6.75. The molecule has 1 aliphatic heterocycles. The van der Waals surface area contributed by atoms with Gasteiger partial charge in [0.15, 0.2) is 6.61 Å². The topological polar surface area (TPSA) is 97.8 Å². The van der Waals surface area contributed by atoms with Crippen LogP contribution in [0.4, 0.5) is 4.79 Å². The molecule has 8 nitrogen and oxygen atoms in total. The van der Waals surface area contributed by atoms with E-state index in [0.29, 0.717) is 32.5 Å². The molecule has 0 spiro atoms. The van der Waals surface area contributed by atoms with E-state index in [4.69, 9.17) is 9.47 Å². The number of likely N-dealkylation sites (tertiary alicyclic amines) is 1. The highest BCUT2D eigenvalue weighted by molar-refractivity contribution is 7.12. The third kappa shape index (κ3) is 6.53. The Balaban J connectivity index is 1.45. The Kier molecular flexibility index (Phi) is 8.21. The smallest absolute Gasteiger partial charge is 0.409 e. The Morgan fingerprint density at radius 3 is 2.47 bits per heavy atom. The Bertz CT molecular complexity index is 949. The molecule has 1 aromatic heterocycles. The minimum absolute atomic E-state index is 0.0517. The third-order valence-corrected chi connectivity index (χ3v) is 6.16. The van der Waals surface area contributed by atoms with Gasteiger partial charge in [0, 0.05) is 29.6 Å². The second-order valence-corrected chi connectivity index (χ2v) is 9.02. The predicted octanol–water partition coefficient (Wildman–Crippen LogP) is 3.25. The molecule has 3 rings (SSSR count). The lowest BCUT2D eigenvalue weighted by atomic mass is 10.1. The predicted molar refractivity (Wildman–Crippen MR) is 121 cm³/mol. The molecule has 32 heavy (non-hydrogen) atoms. The number of nitrogens with zero attached hydrogens (tertiary/aromatic N) is 2. The van der Waals surface area contributed by atoms with Crippen molar-refractivity contribution in [2.45, 2.75) is 46.1 Å². The summed E-state index contributed by atoms with van der Waals surface area (Å²) in [5.41, 5.74) is 2.89. The van der Waals surface area contributed by atoms with E-state index >= 15 is 0 Å². The molecule has 2 heterocycles. The molecule has 1 aliphatic rings. The zero-order valence-electron chi connectivity index (χ0n) is 18.7. The Morgan fingerprint density at radius 2 is 1.81 bits per heavy atom. The van der Waals surface area contributed by atoms with Crippen LogP contribution >= 0.6 is 11.3 Å². The Labute approximate surface area is 191 Å². The molecular formula is C23H29N3O5S. The Morgan fingerprint density at radius 1 is 1.12 bits per heavy atom. The lowest BCUT2D eigenvalue weighted by Gasteiger charge is -2.31. The first-order chi connectivity index (χ1) is 15.4. The lowest BCUT2D eigenvalue weighted by molar-refractivity contribution is -0.148. The third-order valence-electron chi connectivity index (χ3n) is 5.18. The molecule has 172 valence electrons. The van der Waals surface area contributed by atoms with Gasteiger partial charge >= 0.3 is 12.1 Å². The van der Waals surface area contributed by atoms with Gasteiger partial charge in [-0.2, -0.15) is 0 Å². The van der Waals surface area contributed by atoms with Crippen molar-refractivity contribution in [1.29, 1.82) is 0 Å². The summed E-state index contributed by atoms with van der Waals surface area (Å²) >= 11 is 1.46. The van der Waals surface area contributed by atoms with Crippen molar-refractivity contribution < 1.29 is 23.9 Å². The highest BCUT2D eigenvalue weighted by Gasteiger charge is 2.25. The number of nitrogens with one attached hydrogen (secondary N) is 1. The van der Waals surface area contributed by atoms with Crippen molar-refractivity contribution in [3.8, 4) is 11.3 Å². The van der Waals surface area contributed by atoms with Crippen molar-refractivity contribution in [3.63, 3.8) is 0 Å². The Hall–Kier alpha value is -2.94. The zero-order valence-corrected chi connectivity index (χ0v) is 19.5. The summed E-state index contributed by atoms with van der Waals surface area (Å²) in [7, 11) is 0. The maximum atomic E-state index is 12.4. The highest BCUT2D eigenvalue weighted by Crippen LogP contribution is 2.29. The number of benzene rings is 1. The van der Waals surface area contributed by atoms with Crippen LogP contribution in [-0.4, -0.2) is 60.2 Å². The molecule has 0 bridgehead atoms. The number of ether oxygens (including phenoxy) is 2. The van der Waals surface area contributed by atoms with Crippen molar-refractivity contribution in [1.82, 2.24) is 15.2 Å². The van der Waals surface area contributed by atoms with Crippen molar-refractivity contribution in [2.24, 2.45) is 0 Å². The first kappa shape index (κ1) is 23.7. The van der Waals surface area contributed by atoms with Crippen LogP contribution in [0, 0.1) is 13.8 Å². The molecular weight excluding hydrogens is 430 g/mol. The minimum Gasteiger partial charge on any atom is -0.455 e. The minimum atomic E-state index is -0.464. The van der Waals surface area contributed by atoms with E-state index < -0.39 is 5.97 Å². The van der Waals surface area contributed by atoms with Crippen molar-refractivity contribution in [3.05, 3.63) is 39.7 Å². The molecule has 1 N–H and O–H groups in total. The average Bonchev–Trinajstić information content (AvgIpc) is 3.13. The molecule has 2 aromatic rings. The maximum absolute atomic E-state index is 12.4. The molecule has 0 unspecified atom stereocenters. The van der Waals surface area contributed by atoms with E-state index in [-0.39, 0.29) is 31.1 Å². The number of aryl methyl sites for hydroxylation is 2. The summed E-state index contributed by atoms with van der Waals surface area (Å²) in [6.07, 6.45) is 1.02. The largest absolute Gasteiger partial charge is 0.455 e. The molecule has 9 heteroatoms. The number of esters is 1. The number of carbonyl (C=O) groups excluding carboxylic acids is 3. The van der Waals surface area contributed by atoms with Gasteiger partial charge in [0.2, 0.25) is 0 Å². The molecule has 1 saturated heterocycles. The van der Waals surface area contributed by atoms with E-state index in [0.717, 1.165) is 26.7 Å². The van der Waals surface area contributed by atoms with Crippen LogP contribution in [0.1, 0.15) is 35.2 Å². The molecule has 1 fully saturated rings. The summed E-state index contributed by atoms with van der Waals surface area (Å²) < 4.78 is 10.2. The van der Waals surface area contributed by atoms with Gasteiger partial charge in [0.05, 0.1) is 23.7 Å². The van der Waals surface area contributed by atoms with Crippen LogP contribution in [0.5, 0.6) is 0 Å². The molecule has 0 atom stereocenters. The second-order valence-electron chi connectivity index (χ2n) is 7.74. The monoisotopic (exact) mass is 459 g/mol. The van der Waals surface area contributed by atoms with E-state index in [1.54, 1.807) is 11.8 Å². The van der Waals surface area contributed by atoms with Gasteiger partial charge in [-0.05, 0) is 33.6 Å². The van der Waals surface area contributed by atoms with Gasteiger partial charge in [0.1, 0.15) is 0 Å². The van der Waals surface area contributed by atoms with Gasteiger partial charge < -0.3 is 19.7 Å². The summed E-state index contributed by atoms with van der Waals surface area (Å²) in [5.74, 6) is -0.804. The van der Waals surface area contributed by atoms with E-state index in [1.165, 1.54) is 11.3 Å². The standard InChI is InChI=1S/C23H29N3O5S/c1-4-30-23(29)26-11-9-18(10-12-26)25-20(27)14-31-21(28)13-19-22(24-16(3)32-19)17-7-5-15(2)6-8-17/h5-8,18H,4,9-14H2,1-3H3,(H,25,27). The van der Waals surface area contributed by atoms with Crippen LogP contribution in [-0.2, 0) is 25.5 Å². The molecule has 1 aromatic carbocycles. The van der Waals surface area contributed by atoms with Gasteiger partial charge in [0.25, 0.3) is 5.91 Å². The molecule has 0 aliphatic carbocycles. The number of hydrogen-bond donors (Lipinski definition) is 1. The van der Waals surface area contributed by atoms with E-state index in [9.17, 15) is 14.4 Å². The van der Waals surface area contributed by atoms with Crippen LogP contribution in [0.25, 0.3) is 11.3 Å². The van der Waals surface area contributed by atoms with E-state index in [1.807, 2.05) is 38.1 Å². The number of piperidine rings is 1. The van der Waals surface area contributed by atoms with Gasteiger partial charge in [-0.3, -0.25) is 9.59 Å². The maximum Gasteiger partial charge on any atom is 0.409 e. The summed E-state index contributed by atoms with van der Waals surface area (Å²) in [5, 5.41) is 3.74. The second kappa shape index (κ2) is 11.1. The number of aromatic nitrogens is 1. The first-order valence-corrected chi connectivity index (χ1v) is 11.6. The number of rotatable bonds is 7. The van der Waals surface area contributed by atoms with Gasteiger partial charge in [-0.25, -0.2) is 9.78 Å². The fourth-order valence-electron chi connectivity index (χ4n) is 3.54. The van der Waals surface area contributed by atoms with Crippen LogP contribution in [0.15, 0.2) is 24.3 Å². The van der Waals surface area contributed by atoms with Gasteiger partial charge in [-0.15, -0.1) is 11.3 Å². The fourth-order valence-corrected chi connectivity index (χ4v) is 4.49. The fraction of sp³-hybridized carbons (Fsp3) is 0.478. The van der Waals surface area contributed by atoms with Crippen LogP contribution in [0.3, 0.4) is 0 Å². The van der Waals surface area contributed by atoms with Crippen LogP contribution < -0.4 is 5.32 Å². The number of amides is 2. The number of thiazole rings is 1. The molecule has 0 saturated carbocycles. The summed E-state index contributed by atoms with van der Waals surface area (Å²) in [6, 6.07) is 7.93.